The van der Waals surface area contributed by atoms with Gasteiger partial charge < -0.3 is 5.11 Å². The highest BCUT2D eigenvalue weighted by molar-refractivity contribution is 9.10. The zero-order valence-corrected chi connectivity index (χ0v) is 11.4. The minimum Gasteiger partial charge on any atom is -0.382 e. The second kappa shape index (κ2) is 4.54. The highest BCUT2D eigenvalue weighted by atomic mass is 79.9. The summed E-state index contributed by atoms with van der Waals surface area (Å²) in [6, 6.07) is 1.84. The highest BCUT2D eigenvalue weighted by Crippen LogP contribution is 2.29. The van der Waals surface area contributed by atoms with Crippen molar-refractivity contribution in [3.63, 3.8) is 0 Å². The molecule has 1 atom stereocenters. The second-order valence-corrected chi connectivity index (χ2v) is 4.78. The summed E-state index contributed by atoms with van der Waals surface area (Å²) in [5.74, 6) is 0. The van der Waals surface area contributed by atoms with Crippen LogP contribution in [0.25, 0.3) is 0 Å². The summed E-state index contributed by atoms with van der Waals surface area (Å²) in [5.41, 5.74) is 2.96. The number of aliphatic hydroxyl groups is 1. The summed E-state index contributed by atoms with van der Waals surface area (Å²) in [5, 5.41) is 22.4. The second-order valence-electron chi connectivity index (χ2n) is 3.93. The monoisotopic (exact) mass is 296 g/mol. The third-order valence-corrected chi connectivity index (χ3v) is 3.24. The first-order valence-corrected chi connectivity index (χ1v) is 5.96. The lowest BCUT2D eigenvalue weighted by molar-refractivity contribution is 0.207. The molecule has 0 fully saturated rings. The van der Waals surface area contributed by atoms with Crippen LogP contribution in [0.3, 0.4) is 0 Å². The van der Waals surface area contributed by atoms with Crippen molar-refractivity contribution in [3.8, 4) is 0 Å². The number of hydrogen-bond acceptors (Lipinski definition) is 4. The van der Waals surface area contributed by atoms with Gasteiger partial charge in [-0.25, -0.2) is 0 Å². The number of aromatic nitrogens is 4. The Kier molecular flexibility index (Phi) is 3.26. The van der Waals surface area contributed by atoms with Crippen molar-refractivity contribution in [1.29, 1.82) is 0 Å². The Bertz CT molecular complexity index is 533. The molecule has 6 heteroatoms. The summed E-state index contributed by atoms with van der Waals surface area (Å²) in [4.78, 5) is 0. The fourth-order valence-electron chi connectivity index (χ4n) is 1.72. The fraction of sp³-hybridized carbons (Fsp3) is 0.364. The van der Waals surface area contributed by atoms with Crippen molar-refractivity contribution in [2.75, 3.05) is 0 Å². The van der Waals surface area contributed by atoms with E-state index in [0.29, 0.717) is 5.69 Å². The topological polar surface area (TPSA) is 63.8 Å². The van der Waals surface area contributed by atoms with Crippen LogP contribution >= 0.6 is 15.9 Å². The summed E-state index contributed by atoms with van der Waals surface area (Å²) in [6.45, 7) is 3.68. The summed E-state index contributed by atoms with van der Waals surface area (Å²) < 4.78 is 2.42. The Balaban J connectivity index is 2.50. The Labute approximate surface area is 108 Å². The van der Waals surface area contributed by atoms with Crippen LogP contribution in [0.5, 0.6) is 0 Å². The molecule has 2 heterocycles. The van der Waals surface area contributed by atoms with Crippen LogP contribution in [0.4, 0.5) is 0 Å². The smallest absolute Gasteiger partial charge is 0.124 e. The average molecular weight is 297 g/mol. The predicted molar refractivity (Wildman–Crippen MR) is 66.5 cm³/mol. The molecule has 2 aromatic rings. The van der Waals surface area contributed by atoms with Gasteiger partial charge in [0.1, 0.15) is 6.10 Å². The van der Waals surface area contributed by atoms with Crippen LogP contribution in [-0.2, 0) is 7.05 Å². The first-order chi connectivity index (χ1) is 8.00. The molecule has 0 aromatic carbocycles. The van der Waals surface area contributed by atoms with E-state index in [1.165, 1.54) is 0 Å². The van der Waals surface area contributed by atoms with Crippen molar-refractivity contribution in [1.82, 2.24) is 20.0 Å². The zero-order chi connectivity index (χ0) is 12.6. The quantitative estimate of drug-likeness (QED) is 0.916. The zero-order valence-electron chi connectivity index (χ0n) is 9.85. The number of nitrogens with zero attached hydrogens (tertiary/aromatic N) is 4. The number of aliphatic hydroxyl groups excluding tert-OH is 1. The van der Waals surface area contributed by atoms with Crippen LogP contribution in [0.2, 0.25) is 0 Å². The van der Waals surface area contributed by atoms with E-state index >= 15 is 0 Å². The maximum absolute atomic E-state index is 10.4. The molecule has 90 valence electrons. The van der Waals surface area contributed by atoms with Crippen LogP contribution < -0.4 is 0 Å². The number of rotatable bonds is 2. The average Bonchev–Trinajstić information content (AvgIpc) is 2.61. The Hall–Kier alpha value is -1.27. The third-order valence-electron chi connectivity index (χ3n) is 2.63. The Morgan fingerprint density at radius 1 is 1.35 bits per heavy atom. The highest BCUT2D eigenvalue weighted by Gasteiger charge is 2.20. The van der Waals surface area contributed by atoms with Gasteiger partial charge in [0.15, 0.2) is 0 Å². The molecular formula is C11H13BrN4O. The van der Waals surface area contributed by atoms with Gasteiger partial charge in [-0.3, -0.25) is 4.68 Å². The van der Waals surface area contributed by atoms with E-state index in [-0.39, 0.29) is 0 Å². The van der Waals surface area contributed by atoms with Gasteiger partial charge in [-0.15, -0.1) is 0 Å². The van der Waals surface area contributed by atoms with Gasteiger partial charge in [-0.05, 0) is 35.8 Å². The molecule has 17 heavy (non-hydrogen) atoms. The van der Waals surface area contributed by atoms with E-state index in [4.69, 9.17) is 0 Å². The number of halogens is 1. The molecule has 1 N–H and O–H groups in total. The molecule has 0 saturated carbocycles. The fourth-order valence-corrected chi connectivity index (χ4v) is 2.29. The van der Waals surface area contributed by atoms with Crippen molar-refractivity contribution < 1.29 is 5.11 Å². The molecule has 0 aliphatic rings. The molecule has 5 nitrogen and oxygen atoms in total. The Morgan fingerprint density at radius 2 is 2.06 bits per heavy atom. The van der Waals surface area contributed by atoms with Crippen LogP contribution in [0.15, 0.2) is 16.7 Å². The largest absolute Gasteiger partial charge is 0.382 e. The Morgan fingerprint density at radius 3 is 2.65 bits per heavy atom. The van der Waals surface area contributed by atoms with E-state index in [1.54, 1.807) is 17.9 Å². The van der Waals surface area contributed by atoms with Crippen molar-refractivity contribution >= 4 is 15.9 Å². The standard InChI is InChI=1S/C11H13BrN4O/c1-6-4-8(7(2)15-14-6)11(17)10-9(12)5-13-16(10)3/h4-5,11,17H,1-3H3. The molecule has 2 aromatic heterocycles. The summed E-state index contributed by atoms with van der Waals surface area (Å²) in [7, 11) is 1.79. The lowest BCUT2D eigenvalue weighted by Crippen LogP contribution is -2.10. The number of hydrogen-bond donors (Lipinski definition) is 1. The maximum atomic E-state index is 10.4. The van der Waals surface area contributed by atoms with Gasteiger partial charge in [0.05, 0.1) is 27.8 Å². The normalized spacial score (nSPS) is 12.8. The van der Waals surface area contributed by atoms with Crippen molar-refractivity contribution in [2.45, 2.75) is 20.0 Å². The first-order valence-electron chi connectivity index (χ1n) is 5.17. The van der Waals surface area contributed by atoms with E-state index in [1.807, 2.05) is 19.9 Å². The van der Waals surface area contributed by atoms with Crippen molar-refractivity contribution in [2.24, 2.45) is 7.05 Å². The molecule has 0 radical (unpaired) electrons. The van der Waals surface area contributed by atoms with Gasteiger partial charge in [0, 0.05) is 12.6 Å². The van der Waals surface area contributed by atoms with E-state index in [2.05, 4.69) is 31.2 Å². The predicted octanol–water partition coefficient (Wildman–Crippen LogP) is 1.67. The van der Waals surface area contributed by atoms with Crippen LogP contribution in [0.1, 0.15) is 28.7 Å². The van der Waals surface area contributed by atoms with E-state index in [0.717, 1.165) is 21.4 Å². The van der Waals surface area contributed by atoms with Gasteiger partial charge in [-0.2, -0.15) is 15.3 Å². The van der Waals surface area contributed by atoms with Crippen LogP contribution in [0, 0.1) is 13.8 Å². The molecule has 0 saturated heterocycles. The molecule has 0 aliphatic carbocycles. The molecular weight excluding hydrogens is 284 g/mol. The third kappa shape index (κ3) is 2.23. The van der Waals surface area contributed by atoms with E-state index < -0.39 is 6.10 Å². The molecule has 1 unspecified atom stereocenters. The minimum atomic E-state index is -0.758. The SMILES string of the molecule is Cc1cc(C(O)c2c(Br)cnn2C)c(C)nn1. The molecule has 0 aliphatic heterocycles. The van der Waals surface area contributed by atoms with Crippen molar-refractivity contribution in [3.05, 3.63) is 39.4 Å². The lowest BCUT2D eigenvalue weighted by Gasteiger charge is -2.14. The molecule has 0 spiro atoms. The first kappa shape index (κ1) is 12.2. The van der Waals surface area contributed by atoms with E-state index in [9.17, 15) is 5.11 Å². The van der Waals surface area contributed by atoms with Crippen LogP contribution in [-0.4, -0.2) is 25.1 Å². The van der Waals surface area contributed by atoms with Gasteiger partial charge >= 0.3 is 0 Å². The van der Waals surface area contributed by atoms with Gasteiger partial charge in [0.2, 0.25) is 0 Å². The minimum absolute atomic E-state index is 0.709. The summed E-state index contributed by atoms with van der Waals surface area (Å²) in [6.07, 6.45) is 0.904. The van der Waals surface area contributed by atoms with Gasteiger partial charge in [0.25, 0.3) is 0 Å². The molecule has 2 rings (SSSR count). The summed E-state index contributed by atoms with van der Waals surface area (Å²) >= 11 is 3.38. The van der Waals surface area contributed by atoms with Gasteiger partial charge in [-0.1, -0.05) is 0 Å². The molecule has 0 bridgehead atoms. The lowest BCUT2D eigenvalue weighted by atomic mass is 10.1. The number of aryl methyl sites for hydroxylation is 3. The maximum Gasteiger partial charge on any atom is 0.124 e. The molecule has 0 amide bonds.